The Hall–Kier alpha value is -3.59. The molecule has 0 saturated carbocycles. The lowest BCUT2D eigenvalue weighted by Gasteiger charge is -2.05. The zero-order chi connectivity index (χ0) is 19.1. The van der Waals surface area contributed by atoms with Gasteiger partial charge in [0.2, 0.25) is 11.0 Å². The van der Waals surface area contributed by atoms with Crippen LogP contribution in [-0.2, 0) is 16.0 Å². The van der Waals surface area contributed by atoms with Crippen molar-refractivity contribution in [1.29, 1.82) is 0 Å². The number of rotatable bonds is 7. The summed E-state index contributed by atoms with van der Waals surface area (Å²) in [6, 6.07) is 15.8. The Kier molecular flexibility index (Phi) is 5.85. The van der Waals surface area contributed by atoms with E-state index in [1.807, 2.05) is 35.7 Å². The number of hydrogen-bond acceptors (Lipinski definition) is 8. The lowest BCUT2D eigenvalue weighted by Crippen LogP contribution is -2.11. The number of para-hydroxylation sites is 1. The summed E-state index contributed by atoms with van der Waals surface area (Å²) < 4.78 is 4.86. The summed E-state index contributed by atoms with van der Waals surface area (Å²) in [4.78, 5) is 25.8. The number of ether oxygens (including phenoxy) is 1. The fourth-order valence-corrected chi connectivity index (χ4v) is 3.00. The molecule has 0 fully saturated rings. The first kappa shape index (κ1) is 18.2. The van der Waals surface area contributed by atoms with E-state index in [9.17, 15) is 14.9 Å². The number of hydrazone groups is 1. The Balaban J connectivity index is 1.76. The Bertz CT molecular complexity index is 972. The van der Waals surface area contributed by atoms with Crippen LogP contribution in [0.3, 0.4) is 0 Å². The summed E-state index contributed by atoms with van der Waals surface area (Å²) in [6.07, 6.45) is -0.0141. The Morgan fingerprint density at radius 1 is 1.22 bits per heavy atom. The second kappa shape index (κ2) is 8.68. The van der Waals surface area contributed by atoms with Gasteiger partial charge in [0.15, 0.2) is 0 Å². The molecule has 1 heterocycles. The van der Waals surface area contributed by atoms with Crippen LogP contribution in [0.15, 0.2) is 65.1 Å². The topological polar surface area (TPSA) is 107 Å². The molecule has 0 unspecified atom stereocenters. The zero-order valence-electron chi connectivity index (χ0n) is 13.9. The fourth-order valence-electron chi connectivity index (χ4n) is 2.34. The number of benzene rings is 2. The number of nitrogens with zero attached hydrogens (tertiary/aromatic N) is 3. The summed E-state index contributed by atoms with van der Waals surface area (Å²) in [7, 11) is 0. The number of carbonyl (C=O) groups is 1. The molecule has 0 atom stereocenters. The van der Waals surface area contributed by atoms with E-state index in [-0.39, 0.29) is 24.5 Å². The molecule has 3 aromatic rings. The molecule has 8 nitrogen and oxygen atoms in total. The van der Waals surface area contributed by atoms with E-state index >= 15 is 0 Å². The van der Waals surface area contributed by atoms with E-state index in [0.717, 1.165) is 11.3 Å². The van der Waals surface area contributed by atoms with E-state index in [4.69, 9.17) is 4.74 Å². The second-order valence-corrected chi connectivity index (χ2v) is 6.16. The number of anilines is 1. The Morgan fingerprint density at radius 3 is 2.70 bits per heavy atom. The van der Waals surface area contributed by atoms with E-state index in [1.54, 1.807) is 18.2 Å². The molecule has 27 heavy (non-hydrogen) atoms. The Labute approximate surface area is 158 Å². The van der Waals surface area contributed by atoms with Crippen molar-refractivity contribution in [2.75, 3.05) is 5.43 Å². The van der Waals surface area contributed by atoms with Gasteiger partial charge in [0.05, 0.1) is 17.0 Å². The van der Waals surface area contributed by atoms with Crippen molar-refractivity contribution in [3.05, 3.63) is 75.7 Å². The van der Waals surface area contributed by atoms with Crippen LogP contribution in [0, 0.1) is 10.1 Å². The third kappa shape index (κ3) is 4.73. The van der Waals surface area contributed by atoms with Gasteiger partial charge in [-0.05, 0) is 0 Å². The normalized spacial score (nSPS) is 11.0. The molecular weight excluding hydrogens is 368 g/mol. The molecule has 0 radical (unpaired) electrons. The van der Waals surface area contributed by atoms with Gasteiger partial charge in [0.1, 0.15) is 0 Å². The number of aromatic nitrogens is 1. The molecule has 0 aliphatic rings. The highest BCUT2D eigenvalue weighted by atomic mass is 32.1. The standard InChI is InChI=1S/C18H14N4O4S/c23-12-26-17(10-14-8-4-5-9-16(14)22(24)25)20-21-18-19-15(11-27-18)13-6-2-1-3-7-13/h1-9,11-12H,10H2,(H,19,21). The smallest absolute Gasteiger partial charge is 0.299 e. The highest BCUT2D eigenvalue weighted by Crippen LogP contribution is 2.24. The molecule has 0 aliphatic carbocycles. The number of nitro groups is 1. The highest BCUT2D eigenvalue weighted by Gasteiger charge is 2.15. The maximum absolute atomic E-state index is 11.1. The molecule has 1 N–H and O–H groups in total. The van der Waals surface area contributed by atoms with Gasteiger partial charge in [-0.25, -0.2) is 10.4 Å². The minimum Gasteiger partial charge on any atom is -0.412 e. The van der Waals surface area contributed by atoms with Crippen LogP contribution in [0.5, 0.6) is 0 Å². The first-order valence-corrected chi connectivity index (χ1v) is 8.71. The van der Waals surface area contributed by atoms with Crippen LogP contribution in [-0.4, -0.2) is 22.3 Å². The summed E-state index contributed by atoms with van der Waals surface area (Å²) >= 11 is 1.34. The predicted octanol–water partition coefficient (Wildman–Crippen LogP) is 3.86. The van der Waals surface area contributed by atoms with Gasteiger partial charge in [0.25, 0.3) is 12.2 Å². The lowest BCUT2D eigenvalue weighted by molar-refractivity contribution is -0.385. The molecule has 3 rings (SSSR count). The van der Waals surface area contributed by atoms with E-state index in [0.29, 0.717) is 10.7 Å². The van der Waals surface area contributed by atoms with Crippen LogP contribution in [0.25, 0.3) is 11.3 Å². The minimum atomic E-state index is -0.492. The molecule has 0 aliphatic heterocycles. The third-order valence-corrected chi connectivity index (χ3v) is 4.31. The van der Waals surface area contributed by atoms with Crippen LogP contribution >= 0.6 is 11.3 Å². The first-order valence-electron chi connectivity index (χ1n) is 7.83. The van der Waals surface area contributed by atoms with Crippen LogP contribution in [0.1, 0.15) is 5.56 Å². The summed E-state index contributed by atoms with van der Waals surface area (Å²) in [6.45, 7) is 0.229. The molecule has 1 aromatic heterocycles. The first-order chi connectivity index (χ1) is 13.2. The number of thiazole rings is 1. The molecular formula is C18H14N4O4S. The van der Waals surface area contributed by atoms with E-state index in [1.165, 1.54) is 17.4 Å². The Morgan fingerprint density at radius 2 is 1.96 bits per heavy atom. The average Bonchev–Trinajstić information content (AvgIpc) is 3.16. The zero-order valence-corrected chi connectivity index (χ0v) is 14.8. The van der Waals surface area contributed by atoms with Gasteiger partial charge in [0, 0.05) is 22.6 Å². The molecule has 0 amide bonds. The van der Waals surface area contributed by atoms with Crippen molar-refractivity contribution in [2.24, 2.45) is 5.10 Å². The van der Waals surface area contributed by atoms with Crippen molar-refractivity contribution < 1.29 is 14.5 Å². The molecule has 0 saturated heterocycles. The lowest BCUT2D eigenvalue weighted by atomic mass is 10.1. The van der Waals surface area contributed by atoms with Crippen LogP contribution in [0.2, 0.25) is 0 Å². The summed E-state index contributed by atoms with van der Waals surface area (Å²) in [5, 5.41) is 17.5. The maximum atomic E-state index is 11.1. The van der Waals surface area contributed by atoms with Crippen LogP contribution < -0.4 is 5.43 Å². The fraction of sp³-hybridized carbons (Fsp3) is 0.0556. The van der Waals surface area contributed by atoms with Crippen LogP contribution in [0.4, 0.5) is 10.8 Å². The van der Waals surface area contributed by atoms with Gasteiger partial charge in [-0.2, -0.15) is 0 Å². The third-order valence-electron chi connectivity index (χ3n) is 3.56. The minimum absolute atomic E-state index is 0.00392. The van der Waals surface area contributed by atoms with E-state index in [2.05, 4.69) is 15.5 Å². The quantitative estimate of drug-likeness (QED) is 0.219. The largest absolute Gasteiger partial charge is 0.412 e. The summed E-state index contributed by atoms with van der Waals surface area (Å²) in [5.74, 6) is -0.00392. The average molecular weight is 382 g/mol. The monoisotopic (exact) mass is 382 g/mol. The molecule has 0 spiro atoms. The van der Waals surface area contributed by atoms with Crippen molar-refractivity contribution >= 4 is 34.5 Å². The summed E-state index contributed by atoms with van der Waals surface area (Å²) in [5.41, 5.74) is 4.80. The number of nitrogens with one attached hydrogen (secondary N) is 1. The number of nitro benzene ring substituents is 1. The SMILES string of the molecule is O=COC(Cc1ccccc1[N+](=O)[O-])=NNc1nc(-c2ccccc2)cs1. The highest BCUT2D eigenvalue weighted by molar-refractivity contribution is 7.14. The molecule has 2 aromatic carbocycles. The number of hydrogen-bond donors (Lipinski definition) is 1. The predicted molar refractivity (Wildman–Crippen MR) is 103 cm³/mol. The van der Waals surface area contributed by atoms with Gasteiger partial charge in [-0.15, -0.1) is 16.4 Å². The second-order valence-electron chi connectivity index (χ2n) is 5.30. The molecule has 9 heteroatoms. The molecule has 0 bridgehead atoms. The van der Waals surface area contributed by atoms with Gasteiger partial charge >= 0.3 is 0 Å². The van der Waals surface area contributed by atoms with Gasteiger partial charge < -0.3 is 4.74 Å². The van der Waals surface area contributed by atoms with Gasteiger partial charge in [-0.3, -0.25) is 14.9 Å². The molecule has 136 valence electrons. The van der Waals surface area contributed by atoms with Crippen molar-refractivity contribution in [2.45, 2.75) is 6.42 Å². The van der Waals surface area contributed by atoms with E-state index < -0.39 is 4.92 Å². The van der Waals surface area contributed by atoms with Crippen molar-refractivity contribution in [3.63, 3.8) is 0 Å². The van der Waals surface area contributed by atoms with Crippen molar-refractivity contribution in [1.82, 2.24) is 4.98 Å². The van der Waals surface area contributed by atoms with Gasteiger partial charge in [-0.1, -0.05) is 48.5 Å². The van der Waals surface area contributed by atoms with Crippen molar-refractivity contribution in [3.8, 4) is 11.3 Å². The maximum Gasteiger partial charge on any atom is 0.299 e. The number of carbonyl (C=O) groups excluding carboxylic acids is 1.